The fraction of sp³-hybridized carbons (Fsp3) is 0.556. The van der Waals surface area contributed by atoms with Crippen molar-refractivity contribution in [3.05, 3.63) is 70.8 Å². The summed E-state index contributed by atoms with van der Waals surface area (Å²) in [7, 11) is 0. The van der Waals surface area contributed by atoms with Gasteiger partial charge in [-0.25, -0.2) is 0 Å². The standard InChI is InChI=1S/C27H36BrNO/c1-20-17-18-23(19-27(2,30)22-13-7-4-8-14-22)29(20)26(21-11-5-3-6-12-21)24-15-9-10-16-25(24)28/h4-5,7-11,13-14,16,20-21,23-24,26,30H,3,6,12,15,17-19H2,1-2H3. The summed E-state index contributed by atoms with van der Waals surface area (Å²) in [6.07, 6.45) is 19.7. The van der Waals surface area contributed by atoms with Crippen LogP contribution in [0.3, 0.4) is 0 Å². The molecule has 2 nitrogen and oxygen atoms in total. The second-order valence-corrected chi connectivity index (χ2v) is 10.6. The van der Waals surface area contributed by atoms with Crippen LogP contribution in [-0.4, -0.2) is 28.1 Å². The lowest BCUT2D eigenvalue weighted by Crippen LogP contribution is -2.52. The van der Waals surface area contributed by atoms with Gasteiger partial charge in [0, 0.05) is 28.5 Å². The molecular weight excluding hydrogens is 434 g/mol. The fourth-order valence-electron chi connectivity index (χ4n) is 5.98. The quantitative estimate of drug-likeness (QED) is 0.467. The molecule has 1 aromatic carbocycles. The molecule has 0 aromatic heterocycles. The van der Waals surface area contributed by atoms with E-state index in [1.165, 1.54) is 36.6 Å². The average molecular weight is 470 g/mol. The summed E-state index contributed by atoms with van der Waals surface area (Å²) in [5, 5.41) is 11.4. The summed E-state index contributed by atoms with van der Waals surface area (Å²) in [5.41, 5.74) is 0.223. The largest absolute Gasteiger partial charge is 0.385 e. The van der Waals surface area contributed by atoms with Crippen LogP contribution < -0.4 is 0 Å². The van der Waals surface area contributed by atoms with Crippen LogP contribution in [0.2, 0.25) is 0 Å². The van der Waals surface area contributed by atoms with Gasteiger partial charge in [-0.2, -0.15) is 0 Å². The van der Waals surface area contributed by atoms with Gasteiger partial charge in [0.25, 0.3) is 0 Å². The molecule has 0 amide bonds. The molecule has 1 fully saturated rings. The Balaban J connectivity index is 1.64. The van der Waals surface area contributed by atoms with Crippen molar-refractivity contribution in [3.63, 3.8) is 0 Å². The van der Waals surface area contributed by atoms with E-state index in [1.54, 1.807) is 0 Å². The first-order valence-electron chi connectivity index (χ1n) is 11.7. The van der Waals surface area contributed by atoms with Crippen molar-refractivity contribution >= 4 is 15.9 Å². The van der Waals surface area contributed by atoms with Crippen molar-refractivity contribution < 1.29 is 5.11 Å². The van der Waals surface area contributed by atoms with Crippen LogP contribution in [0.5, 0.6) is 0 Å². The molecule has 6 unspecified atom stereocenters. The fourth-order valence-corrected chi connectivity index (χ4v) is 6.59. The van der Waals surface area contributed by atoms with Crippen molar-refractivity contribution in [3.8, 4) is 0 Å². The minimum atomic E-state index is -0.805. The predicted molar refractivity (Wildman–Crippen MR) is 129 cm³/mol. The Morgan fingerprint density at radius 1 is 1.17 bits per heavy atom. The number of rotatable bonds is 6. The van der Waals surface area contributed by atoms with Crippen LogP contribution in [-0.2, 0) is 5.60 Å². The lowest BCUT2D eigenvalue weighted by atomic mass is 9.77. The summed E-state index contributed by atoms with van der Waals surface area (Å²) < 4.78 is 1.33. The summed E-state index contributed by atoms with van der Waals surface area (Å²) in [6.45, 7) is 4.39. The normalized spacial score (nSPS) is 32.6. The molecule has 2 aliphatic carbocycles. The van der Waals surface area contributed by atoms with Crippen molar-refractivity contribution in [2.24, 2.45) is 11.8 Å². The van der Waals surface area contributed by atoms with E-state index in [0.29, 0.717) is 30.0 Å². The number of benzene rings is 1. The van der Waals surface area contributed by atoms with E-state index < -0.39 is 5.60 Å². The molecule has 1 aliphatic heterocycles. The first-order valence-corrected chi connectivity index (χ1v) is 12.5. The minimum Gasteiger partial charge on any atom is -0.385 e. The Hall–Kier alpha value is -1.16. The Morgan fingerprint density at radius 3 is 2.67 bits per heavy atom. The van der Waals surface area contributed by atoms with Crippen molar-refractivity contribution in [2.75, 3.05) is 0 Å². The molecule has 1 heterocycles. The van der Waals surface area contributed by atoms with Crippen LogP contribution in [0.25, 0.3) is 0 Å². The van der Waals surface area contributed by atoms with E-state index in [9.17, 15) is 5.11 Å². The third-order valence-corrected chi connectivity index (χ3v) is 8.35. The topological polar surface area (TPSA) is 23.5 Å². The Labute approximate surface area is 190 Å². The van der Waals surface area contributed by atoms with Gasteiger partial charge in [0.2, 0.25) is 0 Å². The third-order valence-electron chi connectivity index (χ3n) is 7.50. The molecular formula is C27H36BrNO. The predicted octanol–water partition coefficient (Wildman–Crippen LogP) is 6.72. The smallest absolute Gasteiger partial charge is 0.0883 e. The number of aliphatic hydroxyl groups is 1. The zero-order valence-electron chi connectivity index (χ0n) is 18.4. The Kier molecular flexibility index (Phi) is 7.01. The maximum Gasteiger partial charge on any atom is 0.0883 e. The van der Waals surface area contributed by atoms with Gasteiger partial charge < -0.3 is 5.11 Å². The van der Waals surface area contributed by atoms with Gasteiger partial charge in [-0.1, -0.05) is 76.6 Å². The van der Waals surface area contributed by atoms with Crippen LogP contribution in [0, 0.1) is 11.8 Å². The van der Waals surface area contributed by atoms with Gasteiger partial charge in [0.1, 0.15) is 0 Å². The first-order chi connectivity index (χ1) is 14.5. The van der Waals surface area contributed by atoms with E-state index in [0.717, 1.165) is 18.4 Å². The second kappa shape index (κ2) is 9.54. The maximum atomic E-state index is 11.4. The Bertz CT molecular complexity index is 796. The Morgan fingerprint density at radius 2 is 1.97 bits per heavy atom. The number of hydrogen-bond acceptors (Lipinski definition) is 2. The molecule has 0 bridgehead atoms. The van der Waals surface area contributed by atoms with E-state index >= 15 is 0 Å². The number of hydrogen-bond donors (Lipinski definition) is 1. The highest BCUT2D eigenvalue weighted by Crippen LogP contribution is 2.44. The van der Waals surface area contributed by atoms with Crippen LogP contribution in [0.4, 0.5) is 0 Å². The maximum absolute atomic E-state index is 11.4. The highest BCUT2D eigenvalue weighted by molar-refractivity contribution is 9.11. The van der Waals surface area contributed by atoms with Gasteiger partial charge in [-0.15, -0.1) is 0 Å². The zero-order valence-corrected chi connectivity index (χ0v) is 20.0. The van der Waals surface area contributed by atoms with Gasteiger partial charge in [-0.05, 0) is 70.3 Å². The molecule has 6 atom stereocenters. The second-order valence-electron chi connectivity index (χ2n) is 9.71. The molecule has 4 rings (SSSR count). The van der Waals surface area contributed by atoms with Crippen LogP contribution in [0.15, 0.2) is 65.2 Å². The van der Waals surface area contributed by atoms with Crippen molar-refractivity contribution in [1.82, 2.24) is 4.90 Å². The van der Waals surface area contributed by atoms with Crippen LogP contribution >= 0.6 is 15.9 Å². The molecule has 162 valence electrons. The van der Waals surface area contributed by atoms with Gasteiger partial charge in [-0.3, -0.25) is 4.90 Å². The van der Waals surface area contributed by atoms with Crippen LogP contribution in [0.1, 0.15) is 64.4 Å². The monoisotopic (exact) mass is 469 g/mol. The van der Waals surface area contributed by atoms with E-state index in [4.69, 9.17) is 0 Å². The first kappa shape index (κ1) is 22.0. The molecule has 30 heavy (non-hydrogen) atoms. The van der Waals surface area contributed by atoms with E-state index in [-0.39, 0.29) is 0 Å². The molecule has 0 radical (unpaired) electrons. The number of likely N-dealkylation sites (tertiary alicyclic amines) is 1. The average Bonchev–Trinajstić information content (AvgIpc) is 3.10. The third kappa shape index (κ3) is 4.69. The molecule has 3 aliphatic rings. The molecule has 1 N–H and O–H groups in total. The SMILES string of the molecule is CC1CCC(CC(C)(O)c2ccccc2)N1C(C1C=CCCC1)C1CC=CC=C1Br. The molecule has 3 heteroatoms. The molecule has 1 saturated heterocycles. The van der Waals surface area contributed by atoms with Gasteiger partial charge in [0.15, 0.2) is 0 Å². The summed E-state index contributed by atoms with van der Waals surface area (Å²) in [4.78, 5) is 2.80. The van der Waals surface area contributed by atoms with E-state index in [2.05, 4.69) is 70.3 Å². The van der Waals surface area contributed by atoms with Crippen molar-refractivity contribution in [2.45, 2.75) is 82.5 Å². The van der Waals surface area contributed by atoms with Gasteiger partial charge in [0.05, 0.1) is 5.60 Å². The summed E-state index contributed by atoms with van der Waals surface area (Å²) in [5.74, 6) is 1.08. The molecule has 1 aromatic rings. The molecule has 0 spiro atoms. The lowest BCUT2D eigenvalue weighted by Gasteiger charge is -2.46. The lowest BCUT2D eigenvalue weighted by molar-refractivity contribution is -0.00531. The highest BCUT2D eigenvalue weighted by Gasteiger charge is 2.45. The minimum absolute atomic E-state index is 0.404. The number of nitrogens with zero attached hydrogens (tertiary/aromatic N) is 1. The zero-order chi connectivity index (χ0) is 21.1. The highest BCUT2D eigenvalue weighted by atomic mass is 79.9. The number of halogens is 1. The van der Waals surface area contributed by atoms with E-state index in [1.807, 2.05) is 25.1 Å². The number of allylic oxidation sites excluding steroid dienone is 4. The van der Waals surface area contributed by atoms with Gasteiger partial charge >= 0.3 is 0 Å². The molecule has 0 saturated carbocycles. The summed E-state index contributed by atoms with van der Waals surface area (Å²) >= 11 is 3.92. The summed E-state index contributed by atoms with van der Waals surface area (Å²) in [6, 6.07) is 11.6. The van der Waals surface area contributed by atoms with Crippen molar-refractivity contribution in [1.29, 1.82) is 0 Å².